The first-order chi connectivity index (χ1) is 11.3. The summed E-state index contributed by atoms with van der Waals surface area (Å²) in [7, 11) is -0.989. The molecule has 0 aromatic heterocycles. The van der Waals surface area contributed by atoms with E-state index in [-0.39, 0.29) is 4.75 Å². The SMILES string of the molecule is C=Cc1ccc(N2CCC(COS(C)(CC)C(C)(C)C)CC2)cc1. The summed E-state index contributed by atoms with van der Waals surface area (Å²) in [5, 5.41) is 0. The lowest BCUT2D eigenvalue weighted by molar-refractivity contribution is 0.240. The Kier molecular flexibility index (Phi) is 6.44. The Morgan fingerprint density at radius 3 is 2.25 bits per heavy atom. The molecule has 1 aromatic carbocycles. The minimum absolute atomic E-state index is 0.259. The van der Waals surface area contributed by atoms with Gasteiger partial charge in [0, 0.05) is 23.5 Å². The van der Waals surface area contributed by atoms with Crippen LogP contribution in [0, 0.1) is 5.92 Å². The third-order valence-electron chi connectivity index (χ3n) is 5.52. The van der Waals surface area contributed by atoms with Crippen molar-refractivity contribution in [3.63, 3.8) is 0 Å². The zero-order chi connectivity index (χ0) is 17.8. The molecular weight excluding hydrogens is 314 g/mol. The molecule has 0 radical (unpaired) electrons. The Balaban J connectivity index is 1.85. The highest BCUT2D eigenvalue weighted by atomic mass is 32.3. The Morgan fingerprint density at radius 1 is 1.21 bits per heavy atom. The first kappa shape index (κ1) is 19.4. The van der Waals surface area contributed by atoms with Gasteiger partial charge in [-0.1, -0.05) is 52.5 Å². The molecule has 0 spiro atoms. The molecule has 1 saturated heterocycles. The second kappa shape index (κ2) is 7.97. The lowest BCUT2D eigenvalue weighted by atomic mass is 9.97. The molecule has 136 valence electrons. The van der Waals surface area contributed by atoms with Crippen molar-refractivity contribution in [3.8, 4) is 0 Å². The molecular formula is C21H35NOS. The van der Waals surface area contributed by atoms with Gasteiger partial charge in [-0.3, -0.25) is 0 Å². The van der Waals surface area contributed by atoms with Gasteiger partial charge >= 0.3 is 0 Å². The highest BCUT2D eigenvalue weighted by molar-refractivity contribution is 8.30. The normalized spacial score (nSPS) is 20.5. The van der Waals surface area contributed by atoms with Crippen LogP contribution in [-0.2, 0) is 4.18 Å². The van der Waals surface area contributed by atoms with Gasteiger partial charge in [0.1, 0.15) is 0 Å². The minimum Gasteiger partial charge on any atom is -0.372 e. The highest BCUT2D eigenvalue weighted by Gasteiger charge is 2.33. The van der Waals surface area contributed by atoms with Crippen LogP contribution in [0.3, 0.4) is 0 Å². The van der Waals surface area contributed by atoms with Crippen LogP contribution in [0.2, 0.25) is 0 Å². The summed E-state index contributed by atoms with van der Waals surface area (Å²) in [5.74, 6) is 1.85. The van der Waals surface area contributed by atoms with Gasteiger partial charge in [-0.25, -0.2) is 0 Å². The fourth-order valence-electron chi connectivity index (χ4n) is 3.12. The number of piperidine rings is 1. The lowest BCUT2D eigenvalue weighted by Gasteiger charge is -2.47. The molecule has 1 atom stereocenters. The summed E-state index contributed by atoms with van der Waals surface area (Å²) in [6, 6.07) is 8.73. The summed E-state index contributed by atoms with van der Waals surface area (Å²) >= 11 is 0. The lowest BCUT2D eigenvalue weighted by Crippen LogP contribution is -2.36. The zero-order valence-electron chi connectivity index (χ0n) is 16.2. The van der Waals surface area contributed by atoms with Gasteiger partial charge in [-0.05, 0) is 48.5 Å². The third kappa shape index (κ3) is 4.58. The van der Waals surface area contributed by atoms with Gasteiger partial charge in [0.25, 0.3) is 0 Å². The highest BCUT2D eigenvalue weighted by Crippen LogP contribution is 2.56. The predicted molar refractivity (Wildman–Crippen MR) is 111 cm³/mol. The van der Waals surface area contributed by atoms with Gasteiger partial charge in [-0.2, -0.15) is 0 Å². The summed E-state index contributed by atoms with van der Waals surface area (Å²) in [4.78, 5) is 2.50. The maximum Gasteiger partial charge on any atom is 0.0622 e. The molecule has 0 N–H and O–H groups in total. The van der Waals surface area contributed by atoms with Gasteiger partial charge in [0.05, 0.1) is 6.61 Å². The van der Waals surface area contributed by atoms with Crippen molar-refractivity contribution in [1.82, 2.24) is 0 Å². The molecule has 0 amide bonds. The maximum atomic E-state index is 6.51. The van der Waals surface area contributed by atoms with E-state index in [2.05, 4.69) is 69.7 Å². The van der Waals surface area contributed by atoms with E-state index in [9.17, 15) is 0 Å². The molecule has 0 saturated carbocycles. The first-order valence-corrected chi connectivity index (χ1v) is 11.3. The van der Waals surface area contributed by atoms with E-state index in [0.717, 1.165) is 25.4 Å². The van der Waals surface area contributed by atoms with Crippen molar-refractivity contribution in [3.05, 3.63) is 36.4 Å². The van der Waals surface area contributed by atoms with Crippen molar-refractivity contribution in [2.45, 2.75) is 45.3 Å². The van der Waals surface area contributed by atoms with E-state index < -0.39 is 10.3 Å². The van der Waals surface area contributed by atoms with Crippen molar-refractivity contribution in [2.75, 3.05) is 36.6 Å². The van der Waals surface area contributed by atoms with Crippen LogP contribution in [0.4, 0.5) is 5.69 Å². The molecule has 2 rings (SSSR count). The zero-order valence-corrected chi connectivity index (χ0v) is 17.0. The summed E-state index contributed by atoms with van der Waals surface area (Å²) < 4.78 is 6.77. The monoisotopic (exact) mass is 349 g/mol. The van der Waals surface area contributed by atoms with Crippen molar-refractivity contribution >= 4 is 22.1 Å². The van der Waals surface area contributed by atoms with E-state index in [4.69, 9.17) is 4.18 Å². The van der Waals surface area contributed by atoms with Crippen LogP contribution < -0.4 is 4.90 Å². The minimum atomic E-state index is -0.989. The van der Waals surface area contributed by atoms with E-state index in [1.807, 2.05) is 6.08 Å². The molecule has 1 fully saturated rings. The molecule has 0 bridgehead atoms. The average molecular weight is 350 g/mol. The van der Waals surface area contributed by atoms with Gasteiger partial charge in [0.2, 0.25) is 0 Å². The Labute approximate surface area is 150 Å². The standard InChI is InChI=1S/C21H35NOS/c1-7-18-9-11-20(12-10-18)22-15-13-19(14-16-22)17-23-24(6,8-2)21(3,4)5/h7,9-12,19H,1,8,13-17H2,2-6H3. The average Bonchev–Trinajstić information content (AvgIpc) is 2.59. The first-order valence-electron chi connectivity index (χ1n) is 9.16. The van der Waals surface area contributed by atoms with Gasteiger partial charge in [-0.15, -0.1) is 10.3 Å². The molecule has 1 aliphatic rings. The van der Waals surface area contributed by atoms with Gasteiger partial charge in [0.15, 0.2) is 0 Å². The van der Waals surface area contributed by atoms with Crippen LogP contribution in [0.15, 0.2) is 30.8 Å². The summed E-state index contributed by atoms with van der Waals surface area (Å²) in [5.41, 5.74) is 2.52. The third-order valence-corrected chi connectivity index (χ3v) is 9.87. The molecule has 1 unspecified atom stereocenters. The number of anilines is 1. The molecule has 0 aliphatic carbocycles. The second-order valence-electron chi connectivity index (χ2n) is 7.92. The number of benzene rings is 1. The maximum absolute atomic E-state index is 6.51. The predicted octanol–water partition coefficient (Wildman–Crippen LogP) is 5.73. The fourth-order valence-corrected chi connectivity index (χ4v) is 5.00. The number of hydrogen-bond donors (Lipinski definition) is 0. The number of hydrogen-bond acceptors (Lipinski definition) is 2. The van der Waals surface area contributed by atoms with E-state index in [1.165, 1.54) is 24.1 Å². The largest absolute Gasteiger partial charge is 0.372 e. The van der Waals surface area contributed by atoms with Crippen LogP contribution >= 0.6 is 10.3 Å². The smallest absolute Gasteiger partial charge is 0.0622 e. The van der Waals surface area contributed by atoms with Gasteiger partial charge < -0.3 is 9.08 Å². The van der Waals surface area contributed by atoms with E-state index in [0.29, 0.717) is 5.92 Å². The number of nitrogens with zero attached hydrogens (tertiary/aromatic N) is 1. The topological polar surface area (TPSA) is 12.5 Å². The summed E-state index contributed by atoms with van der Waals surface area (Å²) in [6.07, 6.45) is 6.71. The van der Waals surface area contributed by atoms with Crippen LogP contribution in [0.5, 0.6) is 0 Å². The molecule has 2 nitrogen and oxygen atoms in total. The van der Waals surface area contributed by atoms with E-state index in [1.54, 1.807) is 0 Å². The van der Waals surface area contributed by atoms with Crippen LogP contribution in [-0.4, -0.2) is 36.5 Å². The number of rotatable bonds is 6. The van der Waals surface area contributed by atoms with Crippen molar-refractivity contribution in [2.24, 2.45) is 5.92 Å². The Bertz CT molecular complexity index is 526. The molecule has 1 heterocycles. The molecule has 1 aliphatic heterocycles. The quantitative estimate of drug-likeness (QED) is 0.650. The Hall–Kier alpha value is -0.930. The molecule has 3 heteroatoms. The van der Waals surface area contributed by atoms with Crippen LogP contribution in [0.25, 0.3) is 6.08 Å². The van der Waals surface area contributed by atoms with E-state index >= 15 is 0 Å². The van der Waals surface area contributed by atoms with Crippen molar-refractivity contribution < 1.29 is 4.18 Å². The molecule has 1 aromatic rings. The fraction of sp³-hybridized carbons (Fsp3) is 0.619. The summed E-state index contributed by atoms with van der Waals surface area (Å²) in [6.45, 7) is 16.3. The Morgan fingerprint density at radius 2 is 1.79 bits per heavy atom. The second-order valence-corrected chi connectivity index (χ2v) is 12.0. The van der Waals surface area contributed by atoms with Crippen LogP contribution in [0.1, 0.15) is 46.1 Å². The van der Waals surface area contributed by atoms with Crippen molar-refractivity contribution in [1.29, 1.82) is 0 Å². The molecule has 24 heavy (non-hydrogen) atoms.